The summed E-state index contributed by atoms with van der Waals surface area (Å²) < 4.78 is 1.78. The predicted octanol–water partition coefficient (Wildman–Crippen LogP) is 2.50. The summed E-state index contributed by atoms with van der Waals surface area (Å²) in [5, 5.41) is 10.7. The molecule has 1 saturated heterocycles. The number of fused-ring (bicyclic) bond motifs is 1. The van der Waals surface area contributed by atoms with Crippen LogP contribution in [-0.4, -0.2) is 56.9 Å². The number of hydrogen-bond acceptors (Lipinski definition) is 6. The van der Waals surface area contributed by atoms with Gasteiger partial charge in [0.25, 0.3) is 0 Å². The minimum Gasteiger partial charge on any atom is -0.306 e. The van der Waals surface area contributed by atoms with Gasteiger partial charge in [-0.25, -0.2) is 4.52 Å². The van der Waals surface area contributed by atoms with Crippen molar-refractivity contribution in [1.82, 2.24) is 24.8 Å². The number of carbonyl (C=O) groups is 2. The number of hydrogen-bond donors (Lipinski definition) is 2. The van der Waals surface area contributed by atoms with E-state index in [9.17, 15) is 9.59 Å². The van der Waals surface area contributed by atoms with Gasteiger partial charge < -0.3 is 5.32 Å². The van der Waals surface area contributed by atoms with Gasteiger partial charge >= 0.3 is 0 Å². The van der Waals surface area contributed by atoms with Crippen LogP contribution in [-0.2, 0) is 16.1 Å². The van der Waals surface area contributed by atoms with E-state index >= 15 is 0 Å². The molecule has 3 aromatic rings. The second kappa shape index (κ2) is 8.80. The van der Waals surface area contributed by atoms with Crippen molar-refractivity contribution in [2.45, 2.75) is 38.8 Å². The topological polar surface area (TPSA) is 91.6 Å². The van der Waals surface area contributed by atoms with Crippen molar-refractivity contribution in [2.24, 2.45) is 5.92 Å². The monoisotopic (exact) mass is 432 g/mol. The second-order valence-electron chi connectivity index (χ2n) is 8.88. The van der Waals surface area contributed by atoms with Crippen LogP contribution in [0.3, 0.4) is 0 Å². The molecule has 1 atom stereocenters. The summed E-state index contributed by atoms with van der Waals surface area (Å²) in [6.45, 7) is 4.95. The number of benzene rings is 1. The van der Waals surface area contributed by atoms with Crippen molar-refractivity contribution in [3.63, 3.8) is 0 Å². The summed E-state index contributed by atoms with van der Waals surface area (Å²) in [5.41, 5.74) is 3.94. The maximum absolute atomic E-state index is 12.0. The molecule has 1 aliphatic carbocycles. The summed E-state index contributed by atoms with van der Waals surface area (Å²) in [6, 6.07) is 14.8. The van der Waals surface area contributed by atoms with Crippen LogP contribution in [0.25, 0.3) is 16.9 Å². The lowest BCUT2D eigenvalue weighted by atomic mass is 10.1. The maximum atomic E-state index is 12.0. The van der Waals surface area contributed by atoms with E-state index in [1.165, 1.54) is 5.56 Å². The number of Topliss-reactive ketones (excluding diaryl/α,β-unsaturated/α-hetero) is 1. The highest BCUT2D eigenvalue weighted by Gasteiger charge is 2.30. The van der Waals surface area contributed by atoms with Crippen molar-refractivity contribution in [3.8, 4) is 11.3 Å². The first-order valence-corrected chi connectivity index (χ1v) is 11.3. The number of ketones is 1. The number of aromatic nitrogens is 3. The van der Waals surface area contributed by atoms with Gasteiger partial charge in [-0.3, -0.25) is 19.8 Å². The minimum atomic E-state index is 0.00690. The first-order chi connectivity index (χ1) is 15.5. The van der Waals surface area contributed by atoms with Gasteiger partial charge in [-0.1, -0.05) is 30.3 Å². The molecule has 3 heterocycles. The Kier molecular flexibility index (Phi) is 5.71. The van der Waals surface area contributed by atoms with E-state index in [0.29, 0.717) is 24.2 Å². The molecule has 1 aromatic carbocycles. The summed E-state index contributed by atoms with van der Waals surface area (Å²) in [4.78, 5) is 30.1. The molecule has 8 nitrogen and oxygen atoms in total. The summed E-state index contributed by atoms with van der Waals surface area (Å²) in [6.07, 6.45) is 2.97. The van der Waals surface area contributed by atoms with Gasteiger partial charge in [0, 0.05) is 37.2 Å². The Labute approximate surface area is 187 Å². The molecule has 32 heavy (non-hydrogen) atoms. The number of nitrogens with one attached hydrogen (secondary N) is 2. The number of anilines is 1. The fourth-order valence-corrected chi connectivity index (χ4v) is 4.20. The van der Waals surface area contributed by atoms with Crippen LogP contribution in [0.2, 0.25) is 0 Å². The van der Waals surface area contributed by atoms with Gasteiger partial charge in [-0.2, -0.15) is 4.98 Å². The summed E-state index contributed by atoms with van der Waals surface area (Å²) >= 11 is 0. The Morgan fingerprint density at radius 2 is 1.91 bits per heavy atom. The predicted molar refractivity (Wildman–Crippen MR) is 122 cm³/mol. The van der Waals surface area contributed by atoms with E-state index in [-0.39, 0.29) is 17.6 Å². The number of nitrogens with zero attached hydrogens (tertiary/aromatic N) is 4. The van der Waals surface area contributed by atoms with E-state index in [4.69, 9.17) is 0 Å². The highest BCUT2D eigenvalue weighted by atomic mass is 16.2. The molecule has 1 amide bonds. The molecule has 2 N–H and O–H groups in total. The average molecular weight is 433 g/mol. The van der Waals surface area contributed by atoms with Crippen molar-refractivity contribution < 1.29 is 9.59 Å². The SMILES string of the molecule is CC(=O)CNC1CCN(Cc2ccc(-c3cccc4nc(NC(=O)C5CC5)nn34)cc2)C1. The third-order valence-corrected chi connectivity index (χ3v) is 6.11. The van der Waals surface area contributed by atoms with Crippen LogP contribution in [0.5, 0.6) is 0 Å². The maximum Gasteiger partial charge on any atom is 0.249 e. The van der Waals surface area contributed by atoms with Gasteiger partial charge in [-0.15, -0.1) is 5.10 Å². The second-order valence-corrected chi connectivity index (χ2v) is 8.88. The molecule has 8 heteroatoms. The smallest absolute Gasteiger partial charge is 0.249 e. The molecule has 2 aromatic heterocycles. The standard InChI is InChI=1S/C24H28N6O2/c1-16(31)13-25-20-11-12-29(15-20)14-17-5-7-18(8-6-17)21-3-2-4-22-26-24(28-30(21)22)27-23(32)19-9-10-19/h2-8,19-20,25H,9-15H2,1H3,(H,27,28,32). The highest BCUT2D eigenvalue weighted by Crippen LogP contribution is 2.30. The molecule has 2 fully saturated rings. The van der Waals surface area contributed by atoms with Crippen LogP contribution in [0.1, 0.15) is 31.7 Å². The lowest BCUT2D eigenvalue weighted by Crippen LogP contribution is -2.35. The van der Waals surface area contributed by atoms with Gasteiger partial charge in [0.05, 0.1) is 12.2 Å². The van der Waals surface area contributed by atoms with E-state index in [2.05, 4.69) is 49.9 Å². The van der Waals surface area contributed by atoms with Gasteiger partial charge in [0.1, 0.15) is 5.78 Å². The lowest BCUT2D eigenvalue weighted by Gasteiger charge is -2.17. The van der Waals surface area contributed by atoms with Crippen molar-refractivity contribution in [3.05, 3.63) is 48.0 Å². The number of likely N-dealkylation sites (tertiary alicyclic amines) is 1. The van der Waals surface area contributed by atoms with Crippen molar-refractivity contribution in [2.75, 3.05) is 25.0 Å². The normalized spacial score (nSPS) is 18.8. The Morgan fingerprint density at radius 1 is 1.09 bits per heavy atom. The molecule has 1 aliphatic heterocycles. The Bertz CT molecular complexity index is 1140. The van der Waals surface area contributed by atoms with Crippen LogP contribution in [0.15, 0.2) is 42.5 Å². The van der Waals surface area contributed by atoms with E-state index in [1.54, 1.807) is 11.4 Å². The largest absolute Gasteiger partial charge is 0.306 e. The molecule has 0 radical (unpaired) electrons. The quantitative estimate of drug-likeness (QED) is 0.568. The van der Waals surface area contributed by atoms with Crippen LogP contribution >= 0.6 is 0 Å². The fourth-order valence-electron chi connectivity index (χ4n) is 4.20. The zero-order valence-corrected chi connectivity index (χ0v) is 18.3. The molecular weight excluding hydrogens is 404 g/mol. The molecule has 1 saturated carbocycles. The zero-order chi connectivity index (χ0) is 22.1. The molecule has 0 bridgehead atoms. The Morgan fingerprint density at radius 3 is 2.66 bits per heavy atom. The first kappa shape index (κ1) is 20.8. The third-order valence-electron chi connectivity index (χ3n) is 6.11. The lowest BCUT2D eigenvalue weighted by molar-refractivity contribution is -0.117. The molecular formula is C24H28N6O2. The van der Waals surface area contributed by atoms with E-state index < -0.39 is 0 Å². The van der Waals surface area contributed by atoms with Crippen LogP contribution in [0, 0.1) is 5.92 Å². The van der Waals surface area contributed by atoms with Gasteiger partial charge in [-0.05, 0) is 43.9 Å². The van der Waals surface area contributed by atoms with Crippen molar-refractivity contribution in [1.29, 1.82) is 0 Å². The third kappa shape index (κ3) is 4.71. The Hall–Kier alpha value is -3.10. The van der Waals surface area contributed by atoms with Gasteiger partial charge in [0.15, 0.2) is 5.65 Å². The van der Waals surface area contributed by atoms with Crippen molar-refractivity contribution >= 4 is 23.3 Å². The highest BCUT2D eigenvalue weighted by molar-refractivity contribution is 5.92. The number of rotatable bonds is 8. The zero-order valence-electron chi connectivity index (χ0n) is 18.3. The fraction of sp³-hybridized carbons (Fsp3) is 0.417. The van der Waals surface area contributed by atoms with Crippen LogP contribution in [0.4, 0.5) is 5.95 Å². The number of amides is 1. The minimum absolute atomic E-state index is 0.00690. The molecule has 1 unspecified atom stereocenters. The average Bonchev–Trinajstić information content (AvgIpc) is 3.41. The molecule has 166 valence electrons. The molecule has 2 aliphatic rings. The Balaban J connectivity index is 1.26. The number of pyridine rings is 1. The van der Waals surface area contributed by atoms with Gasteiger partial charge in [0.2, 0.25) is 11.9 Å². The van der Waals surface area contributed by atoms with E-state index in [0.717, 1.165) is 50.2 Å². The number of carbonyl (C=O) groups excluding carboxylic acids is 2. The van der Waals surface area contributed by atoms with E-state index in [1.807, 2.05) is 18.2 Å². The molecule has 5 rings (SSSR count). The summed E-state index contributed by atoms with van der Waals surface area (Å²) in [7, 11) is 0. The van der Waals surface area contributed by atoms with Crippen LogP contribution < -0.4 is 10.6 Å². The first-order valence-electron chi connectivity index (χ1n) is 11.3. The summed E-state index contributed by atoms with van der Waals surface area (Å²) in [5.74, 6) is 0.656. The molecule has 0 spiro atoms.